The zero-order chi connectivity index (χ0) is 29.7. The molecule has 0 aliphatic carbocycles. The van der Waals surface area contributed by atoms with Crippen LogP contribution in [0, 0.1) is 0 Å². The van der Waals surface area contributed by atoms with Gasteiger partial charge in [0.25, 0.3) is 8.32 Å². The number of hydrogen-bond acceptors (Lipinski definition) is 7. The maximum Gasteiger partial charge on any atom is 0.278 e. The Bertz CT molecular complexity index is 699. The predicted octanol–water partition coefficient (Wildman–Crippen LogP) is 7.56. The van der Waals surface area contributed by atoms with Gasteiger partial charge in [0, 0.05) is 0 Å². The Morgan fingerprint density at radius 2 is 0.892 bits per heavy atom. The number of hydrogen-bond donors (Lipinski definition) is 0. The Morgan fingerprint density at radius 3 is 1.24 bits per heavy atom. The summed E-state index contributed by atoms with van der Waals surface area (Å²) < 4.78 is 39.9. The highest BCUT2D eigenvalue weighted by Gasteiger charge is 2.44. The zero-order valence-corrected chi connectivity index (χ0v) is 33.5. The van der Waals surface area contributed by atoms with Gasteiger partial charge in [-0.25, -0.2) is 0 Å². The van der Waals surface area contributed by atoms with E-state index in [1.807, 2.05) is 6.21 Å². The van der Waals surface area contributed by atoms with Crippen LogP contribution in [0.25, 0.3) is 0 Å². The summed E-state index contributed by atoms with van der Waals surface area (Å²) in [5, 5.41) is 4.44. The molecule has 37 heavy (non-hydrogen) atoms. The summed E-state index contributed by atoms with van der Waals surface area (Å²) in [6.07, 6.45) is 0.361. The minimum absolute atomic E-state index is 0.273. The highest BCUT2D eigenvalue weighted by Crippen LogP contribution is 2.28. The van der Waals surface area contributed by atoms with Gasteiger partial charge in [-0.1, -0.05) is 0 Å². The summed E-state index contributed by atoms with van der Waals surface area (Å²) in [6, 6.07) is 0. The average Bonchev–Trinajstić information content (AvgIpc) is 2.55. The number of oxime groups is 1. The molecule has 0 bridgehead atoms. The minimum atomic E-state index is -2.04. The highest BCUT2D eigenvalue weighted by atomic mass is 28.4. The van der Waals surface area contributed by atoms with Gasteiger partial charge in [0.05, 0.1) is 25.0 Å². The van der Waals surface area contributed by atoms with Gasteiger partial charge in [0.1, 0.15) is 12.2 Å². The molecule has 0 aromatic heterocycles. The first kappa shape index (κ1) is 37.6. The number of nitrogens with zero attached hydrogens (tertiary/aromatic N) is 1. The van der Waals surface area contributed by atoms with Crippen LogP contribution < -0.4 is 0 Å². The van der Waals surface area contributed by atoms with Crippen LogP contribution in [-0.4, -0.2) is 87.1 Å². The van der Waals surface area contributed by atoms with Crippen molar-refractivity contribution in [2.75, 3.05) is 6.61 Å². The predicted molar refractivity (Wildman–Crippen MR) is 175 cm³/mol. The molecule has 0 N–H and O–H groups in total. The maximum atomic E-state index is 6.97. The standard InChI is InChI=1S/C24H61NO6Si6/c1-32(2,3)26-20-22(28-34(7,8)9)24(30-36(13,14)15)23(29-35(10,11)12)21(27-33(4,5)6)19-25-31-37(16,17)18/h19,21-24H,20H2,1-18H3/b25-19+/t21-,22+,23+,24+/m1/s1. The molecule has 0 aliphatic heterocycles. The third-order valence-corrected chi connectivity index (χ3v) is 9.84. The molecule has 0 aliphatic rings. The molecule has 222 valence electrons. The Balaban J connectivity index is 6.89. The summed E-state index contributed by atoms with van der Waals surface area (Å²) in [5.74, 6) is 0. The molecule has 13 heteroatoms. The van der Waals surface area contributed by atoms with Crippen molar-refractivity contribution >= 4 is 56.1 Å². The average molecular weight is 628 g/mol. The molecule has 7 nitrogen and oxygen atoms in total. The number of rotatable bonds is 17. The van der Waals surface area contributed by atoms with E-state index < -0.39 is 62.1 Å². The Morgan fingerprint density at radius 1 is 0.486 bits per heavy atom. The molecule has 0 fully saturated rings. The Kier molecular flexibility index (Phi) is 14.2. The molecule has 0 saturated heterocycles. The van der Waals surface area contributed by atoms with Crippen LogP contribution in [0.15, 0.2) is 5.16 Å². The maximum absolute atomic E-state index is 6.97. The largest absolute Gasteiger partial charge is 0.456 e. The van der Waals surface area contributed by atoms with Crippen LogP contribution in [-0.2, 0) is 26.7 Å². The second-order valence-corrected chi connectivity index (χ2v) is 42.5. The van der Waals surface area contributed by atoms with Gasteiger partial charge in [0.15, 0.2) is 41.6 Å². The second kappa shape index (κ2) is 14.0. The lowest BCUT2D eigenvalue weighted by Gasteiger charge is -2.45. The van der Waals surface area contributed by atoms with Crippen molar-refractivity contribution in [3.05, 3.63) is 0 Å². The molecule has 0 heterocycles. The van der Waals surface area contributed by atoms with E-state index in [-0.39, 0.29) is 12.2 Å². The molecule has 0 saturated carbocycles. The first-order valence-corrected chi connectivity index (χ1v) is 34.1. The van der Waals surface area contributed by atoms with Gasteiger partial charge in [0.2, 0.25) is 0 Å². The van der Waals surface area contributed by atoms with E-state index in [1.54, 1.807) is 0 Å². The lowest BCUT2D eigenvalue weighted by molar-refractivity contribution is -0.0731. The van der Waals surface area contributed by atoms with E-state index in [9.17, 15) is 0 Å². The zero-order valence-electron chi connectivity index (χ0n) is 27.5. The quantitative estimate of drug-likeness (QED) is 0.0942. The van der Waals surface area contributed by atoms with Gasteiger partial charge in [-0.15, -0.1) is 5.16 Å². The lowest BCUT2D eigenvalue weighted by Crippen LogP contribution is -2.60. The molecule has 0 rings (SSSR count). The van der Waals surface area contributed by atoms with E-state index >= 15 is 0 Å². The van der Waals surface area contributed by atoms with E-state index in [2.05, 4.69) is 123 Å². The molecule has 0 aromatic rings. The molecule has 0 aromatic carbocycles. The van der Waals surface area contributed by atoms with Crippen LogP contribution in [0.2, 0.25) is 118 Å². The van der Waals surface area contributed by atoms with Crippen molar-refractivity contribution in [3.8, 4) is 0 Å². The molecule has 0 spiro atoms. The van der Waals surface area contributed by atoms with Crippen LogP contribution in [0.1, 0.15) is 0 Å². The summed E-state index contributed by atoms with van der Waals surface area (Å²) in [5.41, 5.74) is 0. The fourth-order valence-corrected chi connectivity index (χ4v) is 8.66. The topological polar surface area (TPSA) is 67.7 Å². The van der Waals surface area contributed by atoms with E-state index in [0.29, 0.717) is 6.61 Å². The third-order valence-electron chi connectivity index (χ3n) is 4.20. The third kappa shape index (κ3) is 21.0. The summed E-state index contributed by atoms with van der Waals surface area (Å²) in [4.78, 5) is 0. The van der Waals surface area contributed by atoms with Crippen molar-refractivity contribution in [2.45, 2.75) is 142 Å². The smallest absolute Gasteiger partial charge is 0.278 e. The summed E-state index contributed by atoms with van der Waals surface area (Å²) >= 11 is 0. The van der Waals surface area contributed by atoms with Gasteiger partial charge in [-0.05, 0) is 118 Å². The van der Waals surface area contributed by atoms with Crippen LogP contribution in [0.4, 0.5) is 0 Å². The summed E-state index contributed by atoms with van der Waals surface area (Å²) in [7, 11) is -11.6. The van der Waals surface area contributed by atoms with Crippen LogP contribution in [0.5, 0.6) is 0 Å². The molecule has 4 atom stereocenters. The molecule has 0 amide bonds. The second-order valence-electron chi connectivity index (χ2n) is 15.7. The molecule has 0 radical (unpaired) electrons. The minimum Gasteiger partial charge on any atom is -0.456 e. The van der Waals surface area contributed by atoms with E-state index in [1.165, 1.54) is 0 Å². The van der Waals surface area contributed by atoms with Gasteiger partial charge < -0.3 is 26.7 Å². The molecular weight excluding hydrogens is 567 g/mol. The highest BCUT2D eigenvalue weighted by molar-refractivity contribution is 6.71. The van der Waals surface area contributed by atoms with Crippen molar-refractivity contribution in [3.63, 3.8) is 0 Å². The monoisotopic (exact) mass is 627 g/mol. The van der Waals surface area contributed by atoms with E-state index in [0.717, 1.165) is 0 Å². The van der Waals surface area contributed by atoms with Crippen molar-refractivity contribution in [2.24, 2.45) is 5.16 Å². The van der Waals surface area contributed by atoms with Gasteiger partial charge in [-0.3, -0.25) is 0 Å². The Labute approximate surface area is 236 Å². The van der Waals surface area contributed by atoms with Crippen molar-refractivity contribution in [1.29, 1.82) is 0 Å². The fourth-order valence-electron chi connectivity index (χ4n) is 3.31. The fraction of sp³-hybridized carbons (Fsp3) is 0.958. The Hall–Kier alpha value is 0.571. The normalized spacial score (nSPS) is 18.1. The van der Waals surface area contributed by atoms with Crippen LogP contribution >= 0.6 is 0 Å². The van der Waals surface area contributed by atoms with E-state index in [4.69, 9.17) is 26.7 Å². The SMILES string of the molecule is C[Si](C)(C)OC[C@H](O[Si](C)(C)C)[C@H](O[Si](C)(C)C)[C@@H](O[Si](C)(C)C)[C@@H](/C=N/O[Si](C)(C)C)O[Si](C)(C)C. The van der Waals surface area contributed by atoms with Gasteiger partial charge >= 0.3 is 0 Å². The van der Waals surface area contributed by atoms with Gasteiger partial charge in [-0.2, -0.15) is 0 Å². The lowest BCUT2D eigenvalue weighted by atomic mass is 10.0. The molecule has 0 unspecified atom stereocenters. The summed E-state index contributed by atoms with van der Waals surface area (Å²) in [6.45, 7) is 40.0. The van der Waals surface area contributed by atoms with Crippen molar-refractivity contribution < 1.29 is 26.7 Å². The van der Waals surface area contributed by atoms with Crippen molar-refractivity contribution in [1.82, 2.24) is 0 Å². The molecular formula is C24H61NO6Si6. The van der Waals surface area contributed by atoms with Crippen LogP contribution in [0.3, 0.4) is 0 Å². The first-order valence-electron chi connectivity index (χ1n) is 13.6. The first-order chi connectivity index (χ1) is 16.1.